The average Bonchev–Trinajstić information content (AvgIpc) is 3.13. The molecular formula is C18H20BrN8O+. The number of halogens is 1. The van der Waals surface area contributed by atoms with Crippen LogP contribution in [0, 0.1) is 0 Å². The third-order valence-corrected chi connectivity index (χ3v) is 5.21. The first-order chi connectivity index (χ1) is 13.6. The van der Waals surface area contributed by atoms with E-state index in [-0.39, 0.29) is 12.1 Å². The predicted octanol–water partition coefficient (Wildman–Crippen LogP) is 0.215. The molecule has 144 valence electrons. The molecule has 9 nitrogen and oxygen atoms in total. The highest BCUT2D eigenvalue weighted by atomic mass is 79.9. The van der Waals surface area contributed by atoms with Crippen LogP contribution in [0.2, 0.25) is 0 Å². The second-order valence-corrected chi connectivity index (χ2v) is 7.19. The van der Waals surface area contributed by atoms with Gasteiger partial charge in [0.25, 0.3) is 0 Å². The lowest BCUT2D eigenvalue weighted by molar-refractivity contribution is -0.106. The molecule has 3 aromatic heterocycles. The van der Waals surface area contributed by atoms with Gasteiger partial charge >= 0.3 is 0 Å². The van der Waals surface area contributed by atoms with Gasteiger partial charge in [0.15, 0.2) is 17.7 Å². The molecule has 4 heterocycles. The minimum absolute atomic E-state index is 0.00614. The summed E-state index contributed by atoms with van der Waals surface area (Å²) in [4.78, 5) is 20.0. The standard InChI is InChI=1S/C18H19BrN8O/c1-11-17(12(6-20)7-21)28-5-4-26(11)15-2-3-22-18(25-15)13-8-24-16-9-23-14(19)10-27(13)16/h2-3,6-11,17,20H,4-5,21H2,1H3/p+1/b12-7+,20-6?. The molecule has 2 unspecified atom stereocenters. The molecule has 3 aromatic rings. The van der Waals surface area contributed by atoms with Crippen molar-refractivity contribution in [3.8, 4) is 11.5 Å². The Balaban J connectivity index is 1.70. The van der Waals surface area contributed by atoms with Crippen LogP contribution in [-0.2, 0) is 4.74 Å². The van der Waals surface area contributed by atoms with Crippen molar-refractivity contribution >= 4 is 33.6 Å². The summed E-state index contributed by atoms with van der Waals surface area (Å²) < 4.78 is 8.50. The second kappa shape index (κ2) is 7.64. The number of morpholine rings is 1. The van der Waals surface area contributed by atoms with E-state index >= 15 is 0 Å². The zero-order valence-electron chi connectivity index (χ0n) is 15.2. The van der Waals surface area contributed by atoms with E-state index in [9.17, 15) is 0 Å². The van der Waals surface area contributed by atoms with Gasteiger partial charge in [-0.05, 0) is 28.9 Å². The molecule has 10 heteroatoms. The fourth-order valence-electron chi connectivity index (χ4n) is 3.39. The molecule has 4 N–H and O–H groups in total. The number of hydrogen-bond donors (Lipinski definition) is 2. The van der Waals surface area contributed by atoms with Gasteiger partial charge in [0.05, 0.1) is 30.6 Å². The molecule has 0 saturated carbocycles. The zero-order chi connectivity index (χ0) is 19.7. The van der Waals surface area contributed by atoms with Crippen LogP contribution in [0.15, 0.2) is 47.2 Å². The van der Waals surface area contributed by atoms with Gasteiger partial charge < -0.3 is 15.4 Å². The first kappa shape index (κ1) is 18.5. The number of fused-ring (bicyclic) bond motifs is 1. The van der Waals surface area contributed by atoms with E-state index in [1.807, 2.05) is 16.7 Å². The quantitative estimate of drug-likeness (QED) is 0.553. The van der Waals surface area contributed by atoms with E-state index in [0.717, 1.165) is 22.7 Å². The van der Waals surface area contributed by atoms with E-state index < -0.39 is 0 Å². The molecule has 0 aromatic carbocycles. The lowest BCUT2D eigenvalue weighted by Gasteiger charge is -2.39. The second-order valence-electron chi connectivity index (χ2n) is 6.38. The van der Waals surface area contributed by atoms with Crippen LogP contribution >= 0.6 is 15.9 Å². The Morgan fingerprint density at radius 3 is 3.00 bits per heavy atom. The van der Waals surface area contributed by atoms with E-state index in [1.165, 1.54) is 12.4 Å². The monoisotopic (exact) mass is 443 g/mol. The fourth-order valence-corrected chi connectivity index (χ4v) is 3.70. The van der Waals surface area contributed by atoms with Crippen molar-refractivity contribution in [2.75, 3.05) is 18.1 Å². The molecule has 4 rings (SSSR count). The van der Waals surface area contributed by atoms with Gasteiger partial charge in [0.2, 0.25) is 0 Å². The normalized spacial score (nSPS) is 20.5. The predicted molar refractivity (Wildman–Crippen MR) is 109 cm³/mol. The Kier molecular flexibility index (Phi) is 5.05. The van der Waals surface area contributed by atoms with E-state index in [4.69, 9.17) is 20.9 Å². The smallest absolute Gasteiger partial charge is 0.180 e. The van der Waals surface area contributed by atoms with Crippen molar-refractivity contribution < 1.29 is 10.1 Å². The largest absolute Gasteiger partial charge is 0.404 e. The highest BCUT2D eigenvalue weighted by molar-refractivity contribution is 9.10. The molecule has 0 radical (unpaired) electrons. The summed E-state index contributed by atoms with van der Waals surface area (Å²) in [5.74, 6) is 1.39. The molecular weight excluding hydrogens is 424 g/mol. The van der Waals surface area contributed by atoms with Gasteiger partial charge in [0.1, 0.15) is 22.2 Å². The number of nitrogens with zero attached hydrogens (tertiary/aromatic N) is 6. The first-order valence-electron chi connectivity index (χ1n) is 8.79. The molecule has 1 aliphatic heterocycles. The van der Waals surface area contributed by atoms with E-state index in [0.29, 0.717) is 23.6 Å². The highest BCUT2D eigenvalue weighted by Gasteiger charge is 2.32. The van der Waals surface area contributed by atoms with Gasteiger partial charge in [-0.1, -0.05) is 0 Å². The molecule has 0 bridgehead atoms. The highest BCUT2D eigenvalue weighted by Crippen LogP contribution is 2.26. The van der Waals surface area contributed by atoms with Crippen LogP contribution < -0.4 is 16.0 Å². The summed E-state index contributed by atoms with van der Waals surface area (Å²) in [5.41, 5.74) is 7.97. The van der Waals surface area contributed by atoms with Gasteiger partial charge in [-0.15, -0.1) is 0 Å². The van der Waals surface area contributed by atoms with Crippen LogP contribution in [0.4, 0.5) is 5.82 Å². The molecule has 0 spiro atoms. The summed E-state index contributed by atoms with van der Waals surface area (Å²) >= 11 is 3.39. The Hall–Kier alpha value is -2.85. The number of nitrogens with two attached hydrogens (primary N) is 2. The van der Waals surface area contributed by atoms with Crippen molar-refractivity contribution in [2.24, 2.45) is 5.73 Å². The maximum absolute atomic E-state index is 5.89. The summed E-state index contributed by atoms with van der Waals surface area (Å²) in [7, 11) is 0. The van der Waals surface area contributed by atoms with Gasteiger partial charge in [-0.25, -0.2) is 19.9 Å². The Morgan fingerprint density at radius 2 is 2.21 bits per heavy atom. The lowest BCUT2D eigenvalue weighted by Crippen LogP contribution is -2.52. The molecule has 2 atom stereocenters. The number of imidazole rings is 1. The molecule has 28 heavy (non-hydrogen) atoms. The maximum Gasteiger partial charge on any atom is 0.180 e. The first-order valence-corrected chi connectivity index (χ1v) is 9.58. The van der Waals surface area contributed by atoms with Crippen molar-refractivity contribution in [1.29, 1.82) is 0 Å². The molecule has 1 aliphatic rings. The number of rotatable bonds is 4. The fraction of sp³-hybridized carbons (Fsp3) is 0.278. The van der Waals surface area contributed by atoms with Crippen molar-refractivity contribution in [3.05, 3.63) is 47.2 Å². The van der Waals surface area contributed by atoms with E-state index in [1.54, 1.807) is 18.6 Å². The number of aromatic nitrogens is 5. The van der Waals surface area contributed by atoms with Crippen molar-refractivity contribution in [2.45, 2.75) is 19.1 Å². The Labute approximate surface area is 169 Å². The van der Waals surface area contributed by atoms with Crippen molar-refractivity contribution in [1.82, 2.24) is 24.3 Å². The van der Waals surface area contributed by atoms with Crippen molar-refractivity contribution in [3.63, 3.8) is 0 Å². The van der Waals surface area contributed by atoms with Crippen LogP contribution in [0.3, 0.4) is 0 Å². The summed E-state index contributed by atoms with van der Waals surface area (Å²) in [6.07, 6.45) is 9.78. The number of anilines is 1. The Bertz CT molecular complexity index is 1050. The minimum atomic E-state index is -0.222. The molecule has 1 saturated heterocycles. The van der Waals surface area contributed by atoms with Gasteiger partial charge in [0, 0.05) is 25.1 Å². The van der Waals surface area contributed by atoms with E-state index in [2.05, 4.69) is 42.7 Å². The SMILES string of the molecule is CC1C(/C(C=[NH2+])=C/N)OCCN1c1ccnc(-c2cnc3cnc(Br)cn23)n1. The van der Waals surface area contributed by atoms with Crippen LogP contribution in [0.5, 0.6) is 0 Å². The van der Waals surface area contributed by atoms with Crippen LogP contribution in [0.25, 0.3) is 17.2 Å². The van der Waals surface area contributed by atoms with Crippen LogP contribution in [-0.4, -0.2) is 55.8 Å². The third-order valence-electron chi connectivity index (χ3n) is 4.80. The summed E-state index contributed by atoms with van der Waals surface area (Å²) in [6.45, 7) is 3.32. The lowest BCUT2D eigenvalue weighted by atomic mass is 10.0. The summed E-state index contributed by atoms with van der Waals surface area (Å²) in [5, 5.41) is 5.70. The maximum atomic E-state index is 5.89. The summed E-state index contributed by atoms with van der Waals surface area (Å²) in [6, 6.07) is 1.90. The average molecular weight is 444 g/mol. The van der Waals surface area contributed by atoms with Gasteiger partial charge in [-0.3, -0.25) is 9.81 Å². The number of hydrogen-bond acceptors (Lipinski definition) is 7. The van der Waals surface area contributed by atoms with Crippen LogP contribution in [0.1, 0.15) is 6.92 Å². The van der Waals surface area contributed by atoms with Gasteiger partial charge in [-0.2, -0.15) is 0 Å². The molecule has 0 aliphatic carbocycles. The third kappa shape index (κ3) is 3.25. The zero-order valence-corrected chi connectivity index (χ0v) is 16.8. The Morgan fingerprint density at radius 1 is 1.36 bits per heavy atom. The topological polar surface area (TPSA) is 120 Å². The number of ether oxygens (including phenoxy) is 1. The molecule has 1 fully saturated rings. The minimum Gasteiger partial charge on any atom is -0.404 e. The molecule has 0 amide bonds.